The third-order valence-electron chi connectivity index (χ3n) is 2.51. The first kappa shape index (κ1) is 15.0. The maximum atomic E-state index is 13.7. The molecule has 0 aromatic heterocycles. The van der Waals surface area contributed by atoms with E-state index in [1.165, 1.54) is 0 Å². The summed E-state index contributed by atoms with van der Waals surface area (Å²) >= 11 is 0. The zero-order chi connectivity index (χ0) is 14.6. The highest BCUT2D eigenvalue weighted by Crippen LogP contribution is 2.22. The van der Waals surface area contributed by atoms with Crippen LogP contribution in [0.25, 0.3) is 0 Å². The van der Waals surface area contributed by atoms with Gasteiger partial charge < -0.3 is 11.1 Å². The van der Waals surface area contributed by atoms with Crippen LogP contribution in [0.5, 0.6) is 0 Å². The highest BCUT2D eigenvalue weighted by molar-refractivity contribution is 5.95. The van der Waals surface area contributed by atoms with Gasteiger partial charge in [-0.3, -0.25) is 14.9 Å². The molecule has 6 nitrogen and oxygen atoms in total. The highest BCUT2D eigenvalue weighted by atomic mass is 19.1. The van der Waals surface area contributed by atoms with E-state index in [-0.39, 0.29) is 12.6 Å². The monoisotopic (exact) mass is 273 g/mol. The fourth-order valence-electron chi connectivity index (χ4n) is 1.34. The minimum atomic E-state index is -1.37. The van der Waals surface area contributed by atoms with Gasteiger partial charge in [-0.2, -0.15) is 4.39 Å². The molecule has 0 aliphatic carbocycles. The molecule has 0 saturated heterocycles. The lowest BCUT2D eigenvalue weighted by atomic mass is 10.1. The zero-order valence-electron chi connectivity index (χ0n) is 10.2. The van der Waals surface area contributed by atoms with Crippen LogP contribution in [-0.4, -0.2) is 23.4 Å². The van der Waals surface area contributed by atoms with E-state index in [1.54, 1.807) is 6.92 Å². The number of nitrogens with two attached hydrogens (primary N) is 1. The molecule has 1 aromatic carbocycles. The largest absolute Gasteiger partial charge is 0.350 e. The molecule has 1 rings (SSSR count). The molecule has 0 fully saturated rings. The van der Waals surface area contributed by atoms with Crippen molar-refractivity contribution < 1.29 is 18.5 Å². The van der Waals surface area contributed by atoms with Gasteiger partial charge in [-0.15, -0.1) is 0 Å². The number of carbonyl (C=O) groups is 1. The molecular formula is C11H13F2N3O3. The molecule has 1 amide bonds. The molecule has 1 aromatic rings. The molecule has 8 heteroatoms. The summed E-state index contributed by atoms with van der Waals surface area (Å²) in [6.07, 6.45) is 0.589. The number of carbonyl (C=O) groups excluding carboxylic acids is 1. The lowest BCUT2D eigenvalue weighted by Gasteiger charge is -2.10. The Morgan fingerprint density at radius 3 is 2.68 bits per heavy atom. The summed E-state index contributed by atoms with van der Waals surface area (Å²) in [6.45, 7) is 1.86. The third-order valence-corrected chi connectivity index (χ3v) is 2.51. The number of amides is 1. The molecule has 0 bridgehead atoms. The van der Waals surface area contributed by atoms with Crippen molar-refractivity contribution in [2.24, 2.45) is 5.73 Å². The lowest BCUT2D eigenvalue weighted by Crippen LogP contribution is -2.37. The first-order chi connectivity index (χ1) is 8.86. The first-order valence-corrected chi connectivity index (χ1v) is 5.54. The fourth-order valence-corrected chi connectivity index (χ4v) is 1.34. The number of rotatable bonds is 5. The van der Waals surface area contributed by atoms with Gasteiger partial charge in [0, 0.05) is 12.6 Å². The molecule has 0 heterocycles. The Hall–Kier alpha value is -2.09. The van der Waals surface area contributed by atoms with Gasteiger partial charge in [0.15, 0.2) is 0 Å². The van der Waals surface area contributed by atoms with Crippen molar-refractivity contribution in [2.45, 2.75) is 19.4 Å². The molecule has 3 N–H and O–H groups in total. The SMILES string of the molecule is CCC(N)CNC(=O)c1cc(F)cc([N+](=O)[O-])c1F. The van der Waals surface area contributed by atoms with Crippen LogP contribution in [0.2, 0.25) is 0 Å². The van der Waals surface area contributed by atoms with E-state index in [4.69, 9.17) is 5.73 Å². The van der Waals surface area contributed by atoms with E-state index in [0.29, 0.717) is 18.6 Å². The summed E-state index contributed by atoms with van der Waals surface area (Å²) in [5, 5.41) is 12.8. The Labute approximate surface area is 107 Å². The van der Waals surface area contributed by atoms with Crippen LogP contribution in [0.1, 0.15) is 23.7 Å². The second kappa shape index (κ2) is 6.19. The Morgan fingerprint density at radius 1 is 1.53 bits per heavy atom. The van der Waals surface area contributed by atoms with Crippen LogP contribution >= 0.6 is 0 Å². The maximum Gasteiger partial charge on any atom is 0.308 e. The lowest BCUT2D eigenvalue weighted by molar-refractivity contribution is -0.387. The van der Waals surface area contributed by atoms with Gasteiger partial charge in [0.1, 0.15) is 5.82 Å². The quantitative estimate of drug-likeness (QED) is 0.624. The van der Waals surface area contributed by atoms with E-state index in [1.807, 2.05) is 0 Å². The summed E-state index contributed by atoms with van der Waals surface area (Å²) in [4.78, 5) is 21.0. The van der Waals surface area contributed by atoms with E-state index < -0.39 is 33.7 Å². The molecule has 104 valence electrons. The van der Waals surface area contributed by atoms with E-state index in [2.05, 4.69) is 5.32 Å². The molecule has 1 atom stereocenters. The number of hydrogen-bond acceptors (Lipinski definition) is 4. The minimum absolute atomic E-state index is 0.0685. The average Bonchev–Trinajstić information content (AvgIpc) is 2.37. The van der Waals surface area contributed by atoms with Crippen LogP contribution in [0.4, 0.5) is 14.5 Å². The highest BCUT2D eigenvalue weighted by Gasteiger charge is 2.24. The summed E-state index contributed by atoms with van der Waals surface area (Å²) in [7, 11) is 0. The molecular weight excluding hydrogens is 260 g/mol. The summed E-state index contributed by atoms with van der Waals surface area (Å²) < 4.78 is 26.8. The van der Waals surface area contributed by atoms with Crippen LogP contribution in [-0.2, 0) is 0 Å². The Bertz CT molecular complexity index is 508. The number of hydrogen-bond donors (Lipinski definition) is 2. The fraction of sp³-hybridized carbons (Fsp3) is 0.364. The van der Waals surface area contributed by atoms with E-state index >= 15 is 0 Å². The summed E-state index contributed by atoms with van der Waals surface area (Å²) in [6, 6.07) is 0.703. The predicted octanol–water partition coefficient (Wildman–Crippen LogP) is 1.34. The second-order valence-corrected chi connectivity index (χ2v) is 3.92. The number of benzene rings is 1. The van der Waals surface area contributed by atoms with Gasteiger partial charge in [0.25, 0.3) is 5.91 Å². The smallest absolute Gasteiger partial charge is 0.308 e. The first-order valence-electron chi connectivity index (χ1n) is 5.54. The van der Waals surface area contributed by atoms with Crippen molar-refractivity contribution in [2.75, 3.05) is 6.54 Å². The van der Waals surface area contributed by atoms with Gasteiger partial charge >= 0.3 is 5.69 Å². The average molecular weight is 273 g/mol. The van der Waals surface area contributed by atoms with Crippen LogP contribution in [0.3, 0.4) is 0 Å². The zero-order valence-corrected chi connectivity index (χ0v) is 10.2. The van der Waals surface area contributed by atoms with E-state index in [0.717, 1.165) is 0 Å². The van der Waals surface area contributed by atoms with Crippen molar-refractivity contribution >= 4 is 11.6 Å². The molecule has 0 spiro atoms. The number of nitro benzene ring substituents is 1. The minimum Gasteiger partial charge on any atom is -0.350 e. The predicted molar refractivity (Wildman–Crippen MR) is 63.6 cm³/mol. The molecule has 0 saturated carbocycles. The summed E-state index contributed by atoms with van der Waals surface area (Å²) in [5.74, 6) is -3.36. The van der Waals surface area contributed by atoms with Gasteiger partial charge in [0.2, 0.25) is 5.82 Å². The standard InChI is InChI=1S/C11H13F2N3O3/c1-2-7(14)5-15-11(17)8-3-6(12)4-9(10(8)13)16(18)19/h3-4,7H,2,5,14H2,1H3,(H,15,17). The molecule has 0 aliphatic rings. The van der Waals surface area contributed by atoms with Gasteiger partial charge in [0.05, 0.1) is 16.6 Å². The molecule has 0 radical (unpaired) electrons. The third kappa shape index (κ3) is 3.68. The molecule has 0 aliphatic heterocycles. The van der Waals surface area contributed by atoms with Crippen LogP contribution in [0, 0.1) is 21.7 Å². The van der Waals surface area contributed by atoms with Crippen LogP contribution in [0.15, 0.2) is 12.1 Å². The number of halogens is 2. The second-order valence-electron chi connectivity index (χ2n) is 3.92. The number of nitro groups is 1. The van der Waals surface area contributed by atoms with Crippen molar-refractivity contribution in [3.63, 3.8) is 0 Å². The normalized spacial score (nSPS) is 12.0. The van der Waals surface area contributed by atoms with Crippen molar-refractivity contribution in [3.05, 3.63) is 39.4 Å². The van der Waals surface area contributed by atoms with E-state index in [9.17, 15) is 23.7 Å². The van der Waals surface area contributed by atoms with Crippen molar-refractivity contribution in [1.82, 2.24) is 5.32 Å². The van der Waals surface area contributed by atoms with Gasteiger partial charge in [-0.05, 0) is 12.5 Å². The van der Waals surface area contributed by atoms with Crippen molar-refractivity contribution in [3.8, 4) is 0 Å². The Balaban J connectivity index is 3.00. The van der Waals surface area contributed by atoms with Crippen LogP contribution < -0.4 is 11.1 Å². The molecule has 19 heavy (non-hydrogen) atoms. The Morgan fingerprint density at radius 2 is 2.16 bits per heavy atom. The molecule has 1 unspecified atom stereocenters. The number of nitrogens with zero attached hydrogens (tertiary/aromatic N) is 1. The topological polar surface area (TPSA) is 98.3 Å². The number of nitrogens with one attached hydrogen (secondary N) is 1. The van der Waals surface area contributed by atoms with Gasteiger partial charge in [-0.25, -0.2) is 4.39 Å². The van der Waals surface area contributed by atoms with Crippen molar-refractivity contribution in [1.29, 1.82) is 0 Å². The Kier molecular flexibility index (Phi) is 4.87. The van der Waals surface area contributed by atoms with Gasteiger partial charge in [-0.1, -0.05) is 6.92 Å². The maximum absolute atomic E-state index is 13.7. The summed E-state index contributed by atoms with van der Waals surface area (Å²) in [5.41, 5.74) is 3.76.